The number of aromatic hydroxyl groups is 2. The Balaban J connectivity index is 3.37. The molecule has 0 saturated heterocycles. The molecule has 0 aliphatic carbocycles. The molecule has 0 heterocycles. The lowest BCUT2D eigenvalue weighted by atomic mass is 10.00. The molecule has 0 amide bonds. The van der Waals surface area contributed by atoms with Crippen molar-refractivity contribution in [2.24, 2.45) is 0 Å². The molecule has 7 heteroatoms. The number of nitrogens with zero attached hydrogens (tertiary/aromatic N) is 1. The number of carboxylic acids is 1. The number of carboxylic acid groups (broad SMARTS) is 1. The maximum atomic E-state index is 11.0. The third kappa shape index (κ3) is 3.12. The number of carbonyl (C=O) groups is 1. The highest BCUT2D eigenvalue weighted by molar-refractivity contribution is 5.97. The van der Waals surface area contributed by atoms with E-state index in [1.165, 1.54) is 0 Å². The van der Waals surface area contributed by atoms with E-state index in [9.17, 15) is 25.1 Å². The molecular weight excluding hydrogens is 254 g/mol. The average molecular weight is 269 g/mol. The molecule has 3 N–H and O–H groups in total. The monoisotopic (exact) mass is 269 g/mol. The lowest BCUT2D eigenvalue weighted by Crippen LogP contribution is -2.07. The fraction of sp³-hybridized carbons (Fsp3) is 0.417. The number of benzene rings is 1. The van der Waals surface area contributed by atoms with Gasteiger partial charge < -0.3 is 15.3 Å². The number of nitro benzene ring substituents is 1. The SMILES string of the molecule is CCCCCc1cc(O)c(O)c(C(=O)O)c1[N+](=O)[O-]. The Hall–Kier alpha value is -2.31. The number of phenolic OH excluding ortho intramolecular Hbond substituents is 1. The summed E-state index contributed by atoms with van der Waals surface area (Å²) in [6.07, 6.45) is 2.66. The van der Waals surface area contributed by atoms with Crippen LogP contribution in [-0.4, -0.2) is 26.2 Å². The molecule has 0 aliphatic rings. The van der Waals surface area contributed by atoms with E-state index >= 15 is 0 Å². The first-order chi connectivity index (χ1) is 8.90. The van der Waals surface area contributed by atoms with Gasteiger partial charge in [0.05, 0.1) is 4.92 Å². The Morgan fingerprint density at radius 2 is 2.00 bits per heavy atom. The highest BCUT2D eigenvalue weighted by atomic mass is 16.6. The second kappa shape index (κ2) is 6.03. The predicted octanol–water partition coefficient (Wildman–Crippen LogP) is 2.44. The quantitative estimate of drug-likeness (QED) is 0.315. The summed E-state index contributed by atoms with van der Waals surface area (Å²) in [6, 6.07) is 1.05. The van der Waals surface area contributed by atoms with Gasteiger partial charge in [-0.15, -0.1) is 0 Å². The van der Waals surface area contributed by atoms with Gasteiger partial charge in [-0.3, -0.25) is 10.1 Å². The van der Waals surface area contributed by atoms with Gasteiger partial charge in [-0.2, -0.15) is 0 Å². The van der Waals surface area contributed by atoms with E-state index < -0.39 is 33.6 Å². The van der Waals surface area contributed by atoms with Crippen LogP contribution in [0.3, 0.4) is 0 Å². The molecule has 0 aromatic heterocycles. The maximum absolute atomic E-state index is 11.0. The minimum absolute atomic E-state index is 0.117. The molecule has 1 rings (SSSR count). The fourth-order valence-corrected chi connectivity index (χ4v) is 1.87. The van der Waals surface area contributed by atoms with Crippen molar-refractivity contribution in [2.45, 2.75) is 32.6 Å². The highest BCUT2D eigenvalue weighted by Gasteiger charge is 2.30. The number of nitro groups is 1. The molecule has 1 aromatic carbocycles. The molecule has 0 unspecified atom stereocenters. The van der Waals surface area contributed by atoms with Crippen molar-refractivity contribution in [3.8, 4) is 11.5 Å². The number of hydrogen-bond donors (Lipinski definition) is 3. The summed E-state index contributed by atoms with van der Waals surface area (Å²) in [5.41, 5.74) is -1.40. The van der Waals surface area contributed by atoms with Gasteiger partial charge in [0.1, 0.15) is 0 Å². The molecule has 0 radical (unpaired) electrons. The number of hydrogen-bond acceptors (Lipinski definition) is 5. The summed E-state index contributed by atoms with van der Waals surface area (Å²) >= 11 is 0. The Bertz CT molecular complexity index is 511. The first kappa shape index (κ1) is 14.7. The summed E-state index contributed by atoms with van der Waals surface area (Å²) in [5.74, 6) is -3.27. The van der Waals surface area contributed by atoms with E-state index in [-0.39, 0.29) is 12.0 Å². The second-order valence-electron chi connectivity index (χ2n) is 4.15. The summed E-state index contributed by atoms with van der Waals surface area (Å²) in [4.78, 5) is 21.2. The van der Waals surface area contributed by atoms with E-state index in [0.29, 0.717) is 6.42 Å². The number of rotatable bonds is 6. The van der Waals surface area contributed by atoms with Gasteiger partial charge >= 0.3 is 5.97 Å². The number of aromatic carboxylic acids is 1. The zero-order chi connectivity index (χ0) is 14.6. The normalized spacial score (nSPS) is 10.4. The zero-order valence-electron chi connectivity index (χ0n) is 10.4. The highest BCUT2D eigenvalue weighted by Crippen LogP contribution is 2.39. The van der Waals surface area contributed by atoms with Gasteiger partial charge in [0.15, 0.2) is 17.1 Å². The minimum Gasteiger partial charge on any atom is -0.504 e. The van der Waals surface area contributed by atoms with Crippen LogP contribution >= 0.6 is 0 Å². The predicted molar refractivity (Wildman–Crippen MR) is 66.6 cm³/mol. The molecule has 0 bridgehead atoms. The molecule has 0 spiro atoms. The van der Waals surface area contributed by atoms with Crippen LogP contribution in [0.1, 0.15) is 42.1 Å². The van der Waals surface area contributed by atoms with Crippen molar-refractivity contribution in [1.29, 1.82) is 0 Å². The topological polar surface area (TPSA) is 121 Å². The van der Waals surface area contributed by atoms with E-state index in [1.54, 1.807) is 0 Å². The van der Waals surface area contributed by atoms with E-state index in [0.717, 1.165) is 18.9 Å². The zero-order valence-corrected chi connectivity index (χ0v) is 10.4. The second-order valence-corrected chi connectivity index (χ2v) is 4.15. The van der Waals surface area contributed by atoms with Crippen molar-refractivity contribution >= 4 is 11.7 Å². The Kier molecular flexibility index (Phi) is 4.68. The van der Waals surface area contributed by atoms with Crippen molar-refractivity contribution in [1.82, 2.24) is 0 Å². The maximum Gasteiger partial charge on any atom is 0.346 e. The third-order valence-electron chi connectivity index (χ3n) is 2.78. The Labute approximate surface area is 109 Å². The minimum atomic E-state index is -1.64. The van der Waals surface area contributed by atoms with Crippen LogP contribution in [0, 0.1) is 10.1 Å². The molecule has 0 fully saturated rings. The van der Waals surface area contributed by atoms with Gasteiger partial charge in [-0.25, -0.2) is 4.79 Å². The molecule has 19 heavy (non-hydrogen) atoms. The molecule has 0 aliphatic heterocycles. The van der Waals surface area contributed by atoms with Gasteiger partial charge in [0.2, 0.25) is 0 Å². The lowest BCUT2D eigenvalue weighted by molar-refractivity contribution is -0.386. The van der Waals surface area contributed by atoms with Gasteiger partial charge in [0.25, 0.3) is 5.69 Å². The van der Waals surface area contributed by atoms with E-state index in [4.69, 9.17) is 5.11 Å². The summed E-state index contributed by atoms with van der Waals surface area (Å²) in [5, 5.41) is 38.8. The van der Waals surface area contributed by atoms with Crippen LogP contribution in [-0.2, 0) is 6.42 Å². The number of phenols is 2. The first-order valence-electron chi connectivity index (χ1n) is 5.85. The summed E-state index contributed by atoms with van der Waals surface area (Å²) in [7, 11) is 0. The first-order valence-corrected chi connectivity index (χ1v) is 5.85. The Morgan fingerprint density at radius 3 is 2.47 bits per heavy atom. The van der Waals surface area contributed by atoms with Gasteiger partial charge in [-0.1, -0.05) is 19.8 Å². The molecule has 1 aromatic rings. The van der Waals surface area contributed by atoms with E-state index in [2.05, 4.69) is 0 Å². The molecule has 104 valence electrons. The smallest absolute Gasteiger partial charge is 0.346 e. The van der Waals surface area contributed by atoms with Crippen LogP contribution in [0.15, 0.2) is 6.07 Å². The molecule has 0 atom stereocenters. The summed E-state index contributed by atoms with van der Waals surface area (Å²) < 4.78 is 0. The molecule has 0 saturated carbocycles. The van der Waals surface area contributed by atoms with Crippen LogP contribution in [0.4, 0.5) is 5.69 Å². The molecule has 7 nitrogen and oxygen atoms in total. The lowest BCUT2D eigenvalue weighted by Gasteiger charge is -2.09. The fourth-order valence-electron chi connectivity index (χ4n) is 1.87. The van der Waals surface area contributed by atoms with Crippen molar-refractivity contribution in [2.75, 3.05) is 0 Å². The van der Waals surface area contributed by atoms with Crippen LogP contribution in [0.2, 0.25) is 0 Å². The summed E-state index contributed by atoms with van der Waals surface area (Å²) in [6.45, 7) is 1.96. The number of aryl methyl sites for hydroxylation is 1. The largest absolute Gasteiger partial charge is 0.504 e. The molecular formula is C12H15NO6. The third-order valence-corrected chi connectivity index (χ3v) is 2.78. The van der Waals surface area contributed by atoms with Crippen LogP contribution < -0.4 is 0 Å². The standard InChI is InChI=1S/C12H15NO6/c1-2-3-4-5-7-6-8(14)11(15)9(12(16)17)10(7)13(18)19/h6,14-15H,2-5H2,1H3,(H,16,17). The van der Waals surface area contributed by atoms with Crippen molar-refractivity contribution in [3.05, 3.63) is 27.3 Å². The number of unbranched alkanes of at least 4 members (excludes halogenated alkanes) is 2. The van der Waals surface area contributed by atoms with Crippen LogP contribution in [0.5, 0.6) is 11.5 Å². The van der Waals surface area contributed by atoms with Gasteiger partial charge in [0, 0.05) is 5.56 Å². The van der Waals surface area contributed by atoms with Crippen LogP contribution in [0.25, 0.3) is 0 Å². The van der Waals surface area contributed by atoms with Gasteiger partial charge in [-0.05, 0) is 18.9 Å². The Morgan fingerprint density at radius 1 is 1.37 bits per heavy atom. The van der Waals surface area contributed by atoms with Crippen molar-refractivity contribution < 1.29 is 25.0 Å². The van der Waals surface area contributed by atoms with E-state index in [1.807, 2.05) is 6.92 Å². The average Bonchev–Trinajstić information content (AvgIpc) is 2.32. The van der Waals surface area contributed by atoms with Crippen molar-refractivity contribution in [3.63, 3.8) is 0 Å².